The Morgan fingerprint density at radius 2 is 2.00 bits per heavy atom. The van der Waals surface area contributed by atoms with Crippen LogP contribution in [-0.2, 0) is 0 Å². The Morgan fingerprint density at radius 1 is 1.44 bits per heavy atom. The normalized spacial score (nSPS) is 10.2. The average Bonchev–Trinajstić information content (AvgIpc) is 1.82. The minimum Gasteiger partial charge on any atom is -0.0894 e. The molecule has 0 radical (unpaired) electrons. The Balaban J connectivity index is 3.28. The Bertz CT molecular complexity index is 84.6. The van der Waals surface area contributed by atoms with Crippen LogP contribution in [0.5, 0.6) is 0 Å². The first-order chi connectivity index (χ1) is 4.18. The fourth-order valence-corrected chi connectivity index (χ4v) is 0.784. The third kappa shape index (κ3) is 4.58. The van der Waals surface area contributed by atoms with Crippen molar-refractivity contribution >= 4 is 17.1 Å². The summed E-state index contributed by atoms with van der Waals surface area (Å²) in [5.41, 5.74) is 0. The second kappa shape index (κ2) is 4.92. The maximum atomic E-state index is 5.14. The predicted molar refractivity (Wildman–Crippen MR) is 47.0 cm³/mol. The molecule has 0 aromatic rings. The Labute approximate surface area is 63.7 Å². The van der Waals surface area contributed by atoms with Gasteiger partial charge in [0.2, 0.25) is 0 Å². The van der Waals surface area contributed by atoms with Crippen molar-refractivity contribution in [3.63, 3.8) is 0 Å². The molecule has 0 aromatic carbocycles. The molecule has 0 unspecified atom stereocenters. The molecule has 1 heteroatoms. The van der Waals surface area contributed by atoms with Gasteiger partial charge in [-0.3, -0.25) is 0 Å². The van der Waals surface area contributed by atoms with Gasteiger partial charge >= 0.3 is 0 Å². The van der Waals surface area contributed by atoms with Crippen LogP contribution in [0.15, 0.2) is 0 Å². The average molecular weight is 144 g/mol. The van der Waals surface area contributed by atoms with E-state index < -0.39 is 0 Å². The number of hydrogen-bond donors (Lipinski definition) is 0. The maximum absolute atomic E-state index is 5.14. The number of hydrogen-bond acceptors (Lipinski definition) is 1. The number of rotatable bonds is 4. The first-order valence-corrected chi connectivity index (χ1v) is 4.12. The monoisotopic (exact) mass is 144 g/mol. The molecule has 0 N–H and O–H groups in total. The summed E-state index contributed by atoms with van der Waals surface area (Å²) in [5.74, 6) is 0.603. The van der Waals surface area contributed by atoms with Crippen LogP contribution in [0.2, 0.25) is 0 Å². The molecule has 0 saturated heterocycles. The summed E-state index contributed by atoms with van der Waals surface area (Å²) in [5, 5.41) is 0. The highest BCUT2D eigenvalue weighted by Gasteiger charge is 1.99. The third-order valence-electron chi connectivity index (χ3n) is 1.42. The van der Waals surface area contributed by atoms with Crippen LogP contribution in [0.25, 0.3) is 0 Å². The molecule has 0 atom stereocenters. The number of unbranched alkanes of at least 4 members (excludes halogenated alkanes) is 1. The van der Waals surface area contributed by atoms with E-state index >= 15 is 0 Å². The van der Waals surface area contributed by atoms with E-state index in [1.807, 2.05) is 0 Å². The molecule has 0 aliphatic rings. The topological polar surface area (TPSA) is 0 Å². The molecule has 0 heterocycles. The maximum Gasteiger partial charge on any atom is -0.00461 e. The van der Waals surface area contributed by atoms with Gasteiger partial charge in [-0.05, 0) is 23.6 Å². The summed E-state index contributed by atoms with van der Waals surface area (Å²) in [7, 11) is 0. The van der Waals surface area contributed by atoms with Gasteiger partial charge in [-0.1, -0.05) is 39.4 Å². The van der Waals surface area contributed by atoms with E-state index in [-0.39, 0.29) is 0 Å². The zero-order chi connectivity index (χ0) is 7.28. The van der Waals surface area contributed by atoms with E-state index in [2.05, 4.69) is 20.8 Å². The van der Waals surface area contributed by atoms with Crippen molar-refractivity contribution in [2.75, 3.05) is 0 Å². The molecule has 54 valence electrons. The van der Waals surface area contributed by atoms with Crippen molar-refractivity contribution in [3.05, 3.63) is 0 Å². The quantitative estimate of drug-likeness (QED) is 0.546. The Hall–Kier alpha value is 0.0900. The van der Waals surface area contributed by atoms with Crippen molar-refractivity contribution < 1.29 is 0 Å². The van der Waals surface area contributed by atoms with Crippen LogP contribution in [0, 0.1) is 5.92 Å². The zero-order valence-corrected chi connectivity index (χ0v) is 7.42. The van der Waals surface area contributed by atoms with Gasteiger partial charge in [0.1, 0.15) is 0 Å². The summed E-state index contributed by atoms with van der Waals surface area (Å²) in [6.07, 6.45) is 3.66. The van der Waals surface area contributed by atoms with Crippen LogP contribution < -0.4 is 0 Å². The second-order valence-electron chi connectivity index (χ2n) is 2.72. The molecule has 0 saturated carbocycles. The van der Waals surface area contributed by atoms with E-state index in [4.69, 9.17) is 12.2 Å². The van der Waals surface area contributed by atoms with Gasteiger partial charge in [0, 0.05) is 0 Å². The van der Waals surface area contributed by atoms with Gasteiger partial charge < -0.3 is 0 Å². The first-order valence-electron chi connectivity index (χ1n) is 3.71. The minimum atomic E-state index is 0.603. The van der Waals surface area contributed by atoms with Crippen LogP contribution in [-0.4, -0.2) is 4.86 Å². The molecule has 0 aliphatic carbocycles. The zero-order valence-electron chi connectivity index (χ0n) is 6.61. The SMILES string of the molecule is CCCCC(=S)C(C)C. The van der Waals surface area contributed by atoms with Crippen molar-refractivity contribution in [1.29, 1.82) is 0 Å². The molecule has 0 bridgehead atoms. The summed E-state index contributed by atoms with van der Waals surface area (Å²) in [6, 6.07) is 0. The van der Waals surface area contributed by atoms with Crippen LogP contribution >= 0.6 is 12.2 Å². The molecule has 0 spiro atoms. The van der Waals surface area contributed by atoms with Crippen LogP contribution in [0.1, 0.15) is 40.0 Å². The van der Waals surface area contributed by atoms with E-state index in [9.17, 15) is 0 Å². The highest BCUT2D eigenvalue weighted by atomic mass is 32.1. The van der Waals surface area contributed by atoms with E-state index in [1.54, 1.807) is 0 Å². The van der Waals surface area contributed by atoms with E-state index in [0.29, 0.717) is 5.92 Å². The number of thiocarbonyl (C=S) groups is 1. The lowest BCUT2D eigenvalue weighted by Crippen LogP contribution is -2.02. The highest BCUT2D eigenvalue weighted by Crippen LogP contribution is 2.05. The lowest BCUT2D eigenvalue weighted by Gasteiger charge is -2.04. The molecule has 0 rings (SSSR count). The third-order valence-corrected chi connectivity index (χ3v) is 2.10. The summed E-state index contributed by atoms with van der Waals surface area (Å²) >= 11 is 5.14. The molecular weight excluding hydrogens is 128 g/mol. The molecule has 0 aromatic heterocycles. The smallest absolute Gasteiger partial charge is 0.00461 e. The van der Waals surface area contributed by atoms with Crippen molar-refractivity contribution in [3.8, 4) is 0 Å². The van der Waals surface area contributed by atoms with E-state index in [0.717, 1.165) is 6.42 Å². The van der Waals surface area contributed by atoms with Gasteiger partial charge in [0.05, 0.1) is 0 Å². The fraction of sp³-hybridized carbons (Fsp3) is 0.875. The van der Waals surface area contributed by atoms with Gasteiger partial charge in [-0.2, -0.15) is 0 Å². The molecule has 0 fully saturated rings. The summed E-state index contributed by atoms with van der Waals surface area (Å²) < 4.78 is 0. The van der Waals surface area contributed by atoms with Gasteiger partial charge in [-0.15, -0.1) is 0 Å². The van der Waals surface area contributed by atoms with Gasteiger partial charge in [0.25, 0.3) is 0 Å². The van der Waals surface area contributed by atoms with Crippen LogP contribution in [0.3, 0.4) is 0 Å². The molecule has 0 amide bonds. The van der Waals surface area contributed by atoms with Crippen molar-refractivity contribution in [2.45, 2.75) is 40.0 Å². The second-order valence-corrected chi connectivity index (χ2v) is 3.25. The van der Waals surface area contributed by atoms with Gasteiger partial charge in [0.15, 0.2) is 0 Å². The Morgan fingerprint density at radius 3 is 2.33 bits per heavy atom. The molecule has 0 nitrogen and oxygen atoms in total. The lowest BCUT2D eigenvalue weighted by molar-refractivity contribution is 0.793. The van der Waals surface area contributed by atoms with Crippen LogP contribution in [0.4, 0.5) is 0 Å². The highest BCUT2D eigenvalue weighted by molar-refractivity contribution is 7.80. The predicted octanol–water partition coefficient (Wildman–Crippen LogP) is 3.20. The minimum absolute atomic E-state index is 0.603. The van der Waals surface area contributed by atoms with Crippen molar-refractivity contribution in [1.82, 2.24) is 0 Å². The molecule has 9 heavy (non-hydrogen) atoms. The largest absolute Gasteiger partial charge is 0.0894 e. The van der Waals surface area contributed by atoms with Crippen molar-refractivity contribution in [2.24, 2.45) is 5.92 Å². The Kier molecular flexibility index (Phi) is 4.97. The standard InChI is InChI=1S/C8H16S/c1-4-5-6-8(9)7(2)3/h7H,4-6H2,1-3H3. The van der Waals surface area contributed by atoms with Gasteiger partial charge in [-0.25, -0.2) is 0 Å². The summed E-state index contributed by atoms with van der Waals surface area (Å²) in [4.78, 5) is 1.23. The lowest BCUT2D eigenvalue weighted by atomic mass is 10.1. The fourth-order valence-electron chi connectivity index (χ4n) is 0.640. The molecule has 0 aliphatic heterocycles. The first kappa shape index (κ1) is 9.09. The molecular formula is C8H16S. The summed E-state index contributed by atoms with van der Waals surface area (Å²) in [6.45, 7) is 6.53. The van der Waals surface area contributed by atoms with E-state index in [1.165, 1.54) is 17.7 Å².